The van der Waals surface area contributed by atoms with Gasteiger partial charge in [0.15, 0.2) is 0 Å². The van der Waals surface area contributed by atoms with Crippen LogP contribution in [0.15, 0.2) is 42.7 Å². The molecule has 0 fully saturated rings. The largest absolute Gasteiger partial charge is 0.518 e. The van der Waals surface area contributed by atoms with Gasteiger partial charge in [-0.15, -0.1) is 0 Å². The number of rotatable bonds is 3. The molecular weight excluding hydrogens is 361 g/mol. The van der Waals surface area contributed by atoms with Gasteiger partial charge < -0.3 is 13.5 Å². The molecule has 3 aromatic rings. The summed E-state index contributed by atoms with van der Waals surface area (Å²) in [5.41, 5.74) is 4.41. The summed E-state index contributed by atoms with van der Waals surface area (Å²) in [5.74, 6) is 0.653. The van der Waals surface area contributed by atoms with E-state index in [4.69, 9.17) is 6.58 Å². The number of benzene rings is 1. The van der Waals surface area contributed by atoms with E-state index in [1.54, 1.807) is 13.3 Å². The van der Waals surface area contributed by atoms with Crippen molar-refractivity contribution >= 4 is 5.78 Å². The molecule has 117 valence electrons. The Kier molecular flexibility index (Phi) is 8.28. The molecule has 2 heterocycles. The van der Waals surface area contributed by atoms with E-state index in [2.05, 4.69) is 34.1 Å². The number of aromatic nitrogens is 4. The van der Waals surface area contributed by atoms with Crippen LogP contribution in [0, 0.1) is 20.4 Å². The van der Waals surface area contributed by atoms with Gasteiger partial charge >= 0.3 is 0 Å². The quantitative estimate of drug-likeness (QED) is 0.647. The molecule has 0 aliphatic heterocycles. The first-order chi connectivity index (χ1) is 10.7. The molecule has 0 bridgehead atoms. The third-order valence-corrected chi connectivity index (χ3v) is 3.18. The third kappa shape index (κ3) is 4.55. The Morgan fingerprint density at radius 1 is 1.26 bits per heavy atom. The summed E-state index contributed by atoms with van der Waals surface area (Å²) in [6, 6.07) is 10.3. The van der Waals surface area contributed by atoms with Crippen LogP contribution in [0.4, 0.5) is 0 Å². The summed E-state index contributed by atoms with van der Waals surface area (Å²) >= 11 is 0. The molecule has 1 radical (unpaired) electrons. The van der Waals surface area contributed by atoms with Crippen molar-refractivity contribution in [1.82, 2.24) is 19.6 Å². The zero-order valence-corrected chi connectivity index (χ0v) is 16.4. The van der Waals surface area contributed by atoms with Crippen LogP contribution in [0.5, 0.6) is 0 Å². The molecule has 0 atom stereocenters. The van der Waals surface area contributed by atoms with Crippen LogP contribution in [-0.4, -0.2) is 19.6 Å². The predicted octanol–water partition coefficient (Wildman–Crippen LogP) is 3.86. The van der Waals surface area contributed by atoms with Gasteiger partial charge in [0.25, 0.3) is 5.78 Å². The fourth-order valence-corrected chi connectivity index (χ4v) is 2.40. The average Bonchev–Trinajstić information content (AvgIpc) is 2.97. The third-order valence-electron chi connectivity index (χ3n) is 3.18. The first-order valence-electron chi connectivity index (χ1n) is 7.26. The smallest absolute Gasteiger partial charge is 0.252 e. The van der Waals surface area contributed by atoms with E-state index in [1.807, 2.05) is 29.6 Å². The van der Waals surface area contributed by atoms with E-state index in [-0.39, 0.29) is 32.7 Å². The van der Waals surface area contributed by atoms with Crippen LogP contribution in [0.3, 0.4) is 0 Å². The monoisotopic (exact) mass is 381 g/mol. The van der Waals surface area contributed by atoms with Gasteiger partial charge in [-0.2, -0.15) is 16.5 Å². The number of fused-ring (bicyclic) bond motifs is 1. The molecule has 0 spiro atoms. The Labute approximate surface area is 162 Å². The minimum absolute atomic E-state index is 0. The molecule has 3 rings (SSSR count). The van der Waals surface area contributed by atoms with Gasteiger partial charge in [0.1, 0.15) is 6.33 Å². The van der Waals surface area contributed by atoms with Gasteiger partial charge in [-0.05, 0) is 18.9 Å². The van der Waals surface area contributed by atoms with Crippen LogP contribution in [0.2, 0.25) is 0 Å². The Balaban J connectivity index is 0.000000615. The second kappa shape index (κ2) is 9.69. The van der Waals surface area contributed by atoms with Crippen LogP contribution < -0.4 is 0 Å². The van der Waals surface area contributed by atoms with Gasteiger partial charge in [0.2, 0.25) is 0 Å². The van der Waals surface area contributed by atoms with Crippen molar-refractivity contribution < 1.29 is 32.7 Å². The van der Waals surface area contributed by atoms with E-state index in [9.17, 15) is 0 Å². The second-order valence-electron chi connectivity index (χ2n) is 4.79. The van der Waals surface area contributed by atoms with Crippen molar-refractivity contribution in [3.63, 3.8) is 0 Å². The average molecular weight is 381 g/mol. The summed E-state index contributed by atoms with van der Waals surface area (Å²) in [4.78, 5) is 8.70. The zero-order chi connectivity index (χ0) is 15.9. The predicted molar refractivity (Wildman–Crippen MR) is 89.2 cm³/mol. The molecule has 0 aliphatic rings. The minimum Gasteiger partial charge on any atom is -0.518 e. The maximum absolute atomic E-state index is 4.72. The summed E-state index contributed by atoms with van der Waals surface area (Å²) < 4.78 is 1.82. The normalized spacial score (nSPS) is 9.70. The summed E-state index contributed by atoms with van der Waals surface area (Å²) in [5, 5.41) is 4.28. The molecule has 5 heteroatoms. The molecule has 0 saturated heterocycles. The molecule has 2 aromatic heterocycles. The summed E-state index contributed by atoms with van der Waals surface area (Å²) in [7, 11) is 0. The molecule has 0 saturated carbocycles. The molecule has 0 N–H and O–H groups in total. The number of nitrogens with zero attached hydrogens (tertiary/aromatic N) is 4. The maximum Gasteiger partial charge on any atom is 0.252 e. The van der Waals surface area contributed by atoms with E-state index in [0.717, 1.165) is 35.4 Å². The van der Waals surface area contributed by atoms with Gasteiger partial charge in [-0.25, -0.2) is 9.50 Å². The van der Waals surface area contributed by atoms with Gasteiger partial charge in [-0.3, -0.25) is 6.08 Å². The molecule has 23 heavy (non-hydrogen) atoms. The van der Waals surface area contributed by atoms with Gasteiger partial charge in [-0.1, -0.05) is 37.3 Å². The van der Waals surface area contributed by atoms with Crippen molar-refractivity contribution in [2.24, 2.45) is 0 Å². The van der Waals surface area contributed by atoms with Crippen molar-refractivity contribution in [3.8, 4) is 11.1 Å². The number of hydrogen-bond donors (Lipinski definition) is 0. The van der Waals surface area contributed by atoms with Crippen molar-refractivity contribution in [2.75, 3.05) is 0 Å². The fourth-order valence-electron chi connectivity index (χ4n) is 2.40. The maximum atomic E-state index is 4.72. The van der Waals surface area contributed by atoms with Gasteiger partial charge in [0.05, 0.1) is 11.4 Å². The minimum atomic E-state index is 0. The van der Waals surface area contributed by atoms with Crippen molar-refractivity contribution in [2.45, 2.75) is 26.7 Å². The van der Waals surface area contributed by atoms with E-state index in [0.29, 0.717) is 5.78 Å². The van der Waals surface area contributed by atoms with Crippen LogP contribution >= 0.6 is 0 Å². The van der Waals surface area contributed by atoms with E-state index in [1.165, 1.54) is 6.08 Å². The molecular formula is C18H20N4Y-2. The van der Waals surface area contributed by atoms with E-state index >= 15 is 0 Å². The van der Waals surface area contributed by atoms with E-state index < -0.39 is 0 Å². The molecule has 0 aliphatic carbocycles. The van der Waals surface area contributed by atoms with Crippen LogP contribution in [-0.2, 0) is 39.1 Å². The standard InChI is InChI=1S/C15H15N4.C3H5.Y/c1-3-7-13-14(12-8-5-4-6-9-12)11(2)18-15-16-10-17-19(13)15;1-3-2;/h4-6,8-10H,1,3,7H2,2H3;1,3H,2H3;/q2*-1;. The first-order valence-corrected chi connectivity index (χ1v) is 7.26. The Hall–Kier alpha value is -1.39. The fraction of sp³-hybridized carbons (Fsp3) is 0.222. The molecule has 1 aromatic carbocycles. The molecule has 0 unspecified atom stereocenters. The topological polar surface area (TPSA) is 43.1 Å². The number of aryl methyl sites for hydroxylation is 2. The Morgan fingerprint density at radius 3 is 2.52 bits per heavy atom. The first kappa shape index (κ1) is 19.7. The van der Waals surface area contributed by atoms with Crippen molar-refractivity contribution in [3.05, 3.63) is 67.6 Å². The summed E-state index contributed by atoms with van der Waals surface area (Å²) in [6.45, 7) is 12.5. The number of hydrogen-bond acceptors (Lipinski definition) is 3. The zero-order valence-electron chi connectivity index (χ0n) is 13.6. The van der Waals surface area contributed by atoms with Gasteiger partial charge in [0, 0.05) is 38.3 Å². The second-order valence-corrected chi connectivity index (χ2v) is 4.79. The number of allylic oxidation sites excluding steroid dienone is 1. The van der Waals surface area contributed by atoms with Crippen LogP contribution in [0.25, 0.3) is 16.9 Å². The Morgan fingerprint density at radius 2 is 1.91 bits per heavy atom. The SMILES string of the molecule is [CH-]=CC.[CH2-]CCc1c(-c2ccccc2)c(C)nc2ncnn12.[Y]. The van der Waals surface area contributed by atoms with Crippen LogP contribution in [0.1, 0.15) is 24.7 Å². The molecule has 4 nitrogen and oxygen atoms in total. The molecule has 0 amide bonds. The van der Waals surface area contributed by atoms with Crippen molar-refractivity contribution in [1.29, 1.82) is 0 Å². The Bertz CT molecular complexity index is 750. The summed E-state index contributed by atoms with van der Waals surface area (Å²) in [6.07, 6.45) is 4.72.